The van der Waals surface area contributed by atoms with Crippen LogP contribution in [0.3, 0.4) is 0 Å². The van der Waals surface area contributed by atoms with Crippen LogP contribution in [-0.4, -0.2) is 45.3 Å². The fourth-order valence-corrected chi connectivity index (χ4v) is 4.18. The fourth-order valence-electron chi connectivity index (χ4n) is 1.69. The number of nitrogens with one attached hydrogen (secondary N) is 2. The van der Waals surface area contributed by atoms with E-state index in [0.717, 1.165) is 25.8 Å². The van der Waals surface area contributed by atoms with E-state index in [9.17, 15) is 8.42 Å². The normalized spacial score (nSPS) is 21.4. The molecular weight excluding hydrogens is 244 g/mol. The third-order valence-electron chi connectivity index (χ3n) is 2.64. The second-order valence-electron chi connectivity index (χ2n) is 4.11. The first-order valence-electron chi connectivity index (χ1n) is 5.87. The zero-order valence-corrected chi connectivity index (χ0v) is 11.5. The quantitative estimate of drug-likeness (QED) is 0.638. The van der Waals surface area contributed by atoms with E-state index < -0.39 is 10.0 Å². The molecule has 1 unspecified atom stereocenters. The van der Waals surface area contributed by atoms with Crippen molar-refractivity contribution in [2.24, 2.45) is 0 Å². The lowest BCUT2D eigenvalue weighted by Gasteiger charge is -2.10. The standard InChI is InChI=1S/C10H22N2O2S2/c1-11-6-2-3-8-16(13,14)12-9-10-5-4-7-15-10/h10-12H,2-9H2,1H3. The third kappa shape index (κ3) is 6.08. The number of rotatable bonds is 8. The lowest BCUT2D eigenvalue weighted by atomic mass is 10.2. The van der Waals surface area contributed by atoms with Gasteiger partial charge in [-0.25, -0.2) is 13.1 Å². The largest absolute Gasteiger partial charge is 0.320 e. The maximum absolute atomic E-state index is 11.6. The zero-order chi connectivity index (χ0) is 11.9. The van der Waals surface area contributed by atoms with E-state index in [0.29, 0.717) is 11.8 Å². The number of sulfonamides is 1. The summed E-state index contributed by atoms with van der Waals surface area (Å²) in [6.45, 7) is 1.49. The van der Waals surface area contributed by atoms with Gasteiger partial charge in [0.05, 0.1) is 5.75 Å². The number of hydrogen-bond acceptors (Lipinski definition) is 4. The van der Waals surface area contributed by atoms with Crippen molar-refractivity contribution in [3.05, 3.63) is 0 Å². The van der Waals surface area contributed by atoms with E-state index in [1.807, 2.05) is 18.8 Å². The van der Waals surface area contributed by atoms with Crippen LogP contribution in [0, 0.1) is 0 Å². The van der Waals surface area contributed by atoms with Crippen molar-refractivity contribution in [2.45, 2.75) is 30.9 Å². The summed E-state index contributed by atoms with van der Waals surface area (Å²) in [6, 6.07) is 0. The molecule has 4 nitrogen and oxygen atoms in total. The van der Waals surface area contributed by atoms with Gasteiger partial charge in [0.2, 0.25) is 10.0 Å². The molecule has 1 fully saturated rings. The highest BCUT2D eigenvalue weighted by Gasteiger charge is 2.18. The van der Waals surface area contributed by atoms with E-state index >= 15 is 0 Å². The first kappa shape index (κ1) is 14.3. The molecule has 0 radical (unpaired) electrons. The van der Waals surface area contributed by atoms with Crippen molar-refractivity contribution >= 4 is 21.8 Å². The molecule has 0 aliphatic carbocycles. The Morgan fingerprint density at radius 2 is 2.19 bits per heavy atom. The Kier molecular flexibility index (Phi) is 6.72. The number of thioether (sulfide) groups is 1. The minimum atomic E-state index is -3.04. The molecule has 6 heteroatoms. The van der Waals surface area contributed by atoms with Gasteiger partial charge in [0.1, 0.15) is 0 Å². The lowest BCUT2D eigenvalue weighted by molar-refractivity contribution is 0.573. The molecular formula is C10H22N2O2S2. The molecule has 1 rings (SSSR count). The predicted molar refractivity (Wildman–Crippen MR) is 70.4 cm³/mol. The van der Waals surface area contributed by atoms with Gasteiger partial charge >= 0.3 is 0 Å². The van der Waals surface area contributed by atoms with Crippen LogP contribution in [0.25, 0.3) is 0 Å². The van der Waals surface area contributed by atoms with Crippen molar-refractivity contribution in [1.82, 2.24) is 10.0 Å². The van der Waals surface area contributed by atoms with Gasteiger partial charge in [0.15, 0.2) is 0 Å². The molecule has 1 aliphatic rings. The molecule has 0 aromatic rings. The van der Waals surface area contributed by atoms with Crippen molar-refractivity contribution in [2.75, 3.05) is 31.6 Å². The molecule has 0 bridgehead atoms. The maximum Gasteiger partial charge on any atom is 0.211 e. The van der Waals surface area contributed by atoms with Gasteiger partial charge in [-0.3, -0.25) is 0 Å². The molecule has 0 aromatic heterocycles. The van der Waals surface area contributed by atoms with Crippen LogP contribution >= 0.6 is 11.8 Å². The molecule has 16 heavy (non-hydrogen) atoms. The first-order valence-corrected chi connectivity index (χ1v) is 8.58. The summed E-state index contributed by atoms with van der Waals surface area (Å²) in [5.74, 6) is 1.43. The first-order chi connectivity index (χ1) is 7.64. The summed E-state index contributed by atoms with van der Waals surface area (Å²) in [5, 5.41) is 3.50. The van der Waals surface area contributed by atoms with Crippen molar-refractivity contribution < 1.29 is 8.42 Å². The van der Waals surface area contributed by atoms with Gasteiger partial charge in [0.25, 0.3) is 0 Å². The molecule has 1 heterocycles. The van der Waals surface area contributed by atoms with Crippen LogP contribution in [0.5, 0.6) is 0 Å². The van der Waals surface area contributed by atoms with Crippen molar-refractivity contribution in [3.8, 4) is 0 Å². The van der Waals surface area contributed by atoms with Gasteiger partial charge in [-0.15, -0.1) is 0 Å². The molecule has 0 aromatic carbocycles. The van der Waals surface area contributed by atoms with Crippen LogP contribution in [0.2, 0.25) is 0 Å². The summed E-state index contributed by atoms with van der Waals surface area (Å²) in [4.78, 5) is 0. The van der Waals surface area contributed by atoms with Gasteiger partial charge in [0, 0.05) is 11.8 Å². The van der Waals surface area contributed by atoms with Crippen LogP contribution in [0.4, 0.5) is 0 Å². The zero-order valence-electron chi connectivity index (χ0n) is 9.87. The van der Waals surface area contributed by atoms with Gasteiger partial charge < -0.3 is 5.32 Å². The highest BCUT2D eigenvalue weighted by atomic mass is 32.2. The van der Waals surface area contributed by atoms with Crippen molar-refractivity contribution in [3.63, 3.8) is 0 Å². The summed E-state index contributed by atoms with van der Waals surface area (Å²) >= 11 is 1.88. The van der Waals surface area contributed by atoms with Gasteiger partial charge in [-0.1, -0.05) is 0 Å². The minimum absolute atomic E-state index is 0.256. The second kappa shape index (κ2) is 7.53. The van der Waals surface area contributed by atoms with E-state index in [4.69, 9.17) is 0 Å². The average Bonchev–Trinajstić information content (AvgIpc) is 2.75. The topological polar surface area (TPSA) is 58.2 Å². The molecule has 1 aliphatic heterocycles. The van der Waals surface area contributed by atoms with Gasteiger partial charge in [-0.05, 0) is 45.0 Å². The smallest absolute Gasteiger partial charge is 0.211 e. The van der Waals surface area contributed by atoms with Crippen LogP contribution in [-0.2, 0) is 10.0 Å². The number of hydrogen-bond donors (Lipinski definition) is 2. The Morgan fingerprint density at radius 1 is 1.38 bits per heavy atom. The van der Waals surface area contributed by atoms with Gasteiger partial charge in [-0.2, -0.15) is 11.8 Å². The average molecular weight is 266 g/mol. The van der Waals surface area contributed by atoms with Crippen molar-refractivity contribution in [1.29, 1.82) is 0 Å². The molecule has 1 saturated heterocycles. The maximum atomic E-state index is 11.6. The predicted octanol–water partition coefficient (Wildman–Crippen LogP) is 0.801. The third-order valence-corrected chi connectivity index (χ3v) is 5.48. The van der Waals surface area contributed by atoms with E-state index in [2.05, 4.69) is 10.0 Å². The summed E-state index contributed by atoms with van der Waals surface area (Å²) in [7, 11) is -1.16. The van der Waals surface area contributed by atoms with Crippen LogP contribution < -0.4 is 10.0 Å². The van der Waals surface area contributed by atoms with E-state index in [-0.39, 0.29) is 5.75 Å². The monoisotopic (exact) mass is 266 g/mol. The second-order valence-corrected chi connectivity index (χ2v) is 7.45. The molecule has 2 N–H and O–H groups in total. The summed E-state index contributed by atoms with van der Waals surface area (Å²) in [5.41, 5.74) is 0. The van der Waals surface area contributed by atoms with Crippen LogP contribution in [0.15, 0.2) is 0 Å². The van der Waals surface area contributed by atoms with E-state index in [1.165, 1.54) is 12.2 Å². The Labute approximate surface area is 103 Å². The molecule has 0 saturated carbocycles. The lowest BCUT2D eigenvalue weighted by Crippen LogP contribution is -2.31. The highest BCUT2D eigenvalue weighted by molar-refractivity contribution is 8.00. The Bertz CT molecular complexity index is 275. The Hall–Kier alpha value is 0.220. The Balaban J connectivity index is 2.12. The van der Waals surface area contributed by atoms with E-state index in [1.54, 1.807) is 0 Å². The summed E-state index contributed by atoms with van der Waals surface area (Å²) in [6.07, 6.45) is 4.01. The SMILES string of the molecule is CNCCCCS(=O)(=O)NCC1CCCS1. The van der Waals surface area contributed by atoms with Crippen LogP contribution in [0.1, 0.15) is 25.7 Å². The molecule has 1 atom stereocenters. The fraction of sp³-hybridized carbons (Fsp3) is 1.00. The number of unbranched alkanes of at least 4 members (excludes halogenated alkanes) is 1. The highest BCUT2D eigenvalue weighted by Crippen LogP contribution is 2.25. The molecule has 96 valence electrons. The molecule has 0 spiro atoms. The Morgan fingerprint density at radius 3 is 2.81 bits per heavy atom. The summed E-state index contributed by atoms with van der Waals surface area (Å²) < 4.78 is 25.9. The molecule has 0 amide bonds. The minimum Gasteiger partial charge on any atom is -0.320 e.